The summed E-state index contributed by atoms with van der Waals surface area (Å²) >= 11 is 1.40. The van der Waals surface area contributed by atoms with Gasteiger partial charge in [-0.2, -0.15) is 0 Å². The molecule has 3 rings (SSSR count). The molecule has 0 spiro atoms. The summed E-state index contributed by atoms with van der Waals surface area (Å²) in [7, 11) is 0. The molecule has 0 aliphatic rings. The van der Waals surface area contributed by atoms with Gasteiger partial charge in [-0.3, -0.25) is 4.79 Å². The maximum Gasteiger partial charge on any atom is 0.258 e. The van der Waals surface area contributed by atoms with Crippen LogP contribution in [0.3, 0.4) is 0 Å². The molecule has 0 bridgehead atoms. The van der Waals surface area contributed by atoms with Crippen LogP contribution < -0.4 is 5.56 Å². The first-order valence-corrected chi connectivity index (χ1v) is 9.69. The molecule has 0 aromatic carbocycles. The number of nitrogens with zero attached hydrogens (tertiary/aromatic N) is 1. The number of allylic oxidation sites excluding steroid dienone is 2. The number of aliphatic hydroxyl groups excluding tert-OH is 1. The molecule has 27 heavy (non-hydrogen) atoms. The molecule has 0 saturated heterocycles. The molecule has 6 heteroatoms. The largest absolute Gasteiger partial charge is 0.392 e. The number of aliphatic hydroxyl groups is 1. The van der Waals surface area contributed by atoms with E-state index in [9.17, 15) is 9.90 Å². The number of pyridine rings is 1. The molecule has 0 aliphatic heterocycles. The fourth-order valence-corrected chi connectivity index (χ4v) is 3.26. The molecule has 142 valence electrons. The fourth-order valence-electron chi connectivity index (χ4n) is 2.43. The number of aromatic nitrogens is 3. The lowest BCUT2D eigenvalue weighted by atomic mass is 10.1. The van der Waals surface area contributed by atoms with Crippen molar-refractivity contribution in [2.75, 3.05) is 0 Å². The van der Waals surface area contributed by atoms with Crippen LogP contribution in [0, 0.1) is 6.92 Å². The van der Waals surface area contributed by atoms with Gasteiger partial charge in [0.15, 0.2) is 0 Å². The molecule has 5 nitrogen and oxygen atoms in total. The lowest BCUT2D eigenvalue weighted by Crippen LogP contribution is -2.09. The van der Waals surface area contributed by atoms with Crippen molar-refractivity contribution in [2.24, 2.45) is 0 Å². The standard InChI is InChI=1S/C18H17N3O2S.C3H8/c1-3-4-5-13-11(2)19-8-15(13)16-10-24-18(21-16)14-6-12(9-22)7-20-17(14)23;1-3-2/h3-8,10,19,22H,1,9H2,2H3,(H,20,23);3H2,1-2H3/b5-4-;. The Hall–Kier alpha value is -2.70. The molecule has 3 aromatic rings. The van der Waals surface area contributed by atoms with Gasteiger partial charge in [-0.25, -0.2) is 4.98 Å². The van der Waals surface area contributed by atoms with Gasteiger partial charge in [0, 0.05) is 34.6 Å². The Labute approximate surface area is 163 Å². The first-order valence-electron chi connectivity index (χ1n) is 8.81. The summed E-state index contributed by atoms with van der Waals surface area (Å²) in [6.07, 6.45) is 10.2. The van der Waals surface area contributed by atoms with Crippen LogP contribution in [0.25, 0.3) is 27.9 Å². The molecule has 0 fully saturated rings. The molecular formula is C21H25N3O2S. The lowest BCUT2D eigenvalue weighted by Gasteiger charge is -1.99. The second-order valence-electron chi connectivity index (χ2n) is 5.99. The number of nitrogens with one attached hydrogen (secondary N) is 2. The highest BCUT2D eigenvalue weighted by Gasteiger charge is 2.14. The second-order valence-corrected chi connectivity index (χ2v) is 6.85. The van der Waals surface area contributed by atoms with Crippen molar-refractivity contribution in [3.05, 3.63) is 69.7 Å². The van der Waals surface area contributed by atoms with Crippen LogP contribution in [0.1, 0.15) is 37.1 Å². The minimum absolute atomic E-state index is 0.129. The van der Waals surface area contributed by atoms with E-state index in [2.05, 4.69) is 35.4 Å². The number of aryl methyl sites for hydroxylation is 1. The molecule has 0 aliphatic carbocycles. The summed E-state index contributed by atoms with van der Waals surface area (Å²) in [6.45, 7) is 9.81. The van der Waals surface area contributed by atoms with Gasteiger partial charge >= 0.3 is 0 Å². The number of hydrogen-bond donors (Lipinski definition) is 3. The van der Waals surface area contributed by atoms with Crippen LogP contribution in [-0.2, 0) is 6.61 Å². The first-order chi connectivity index (χ1) is 13.0. The van der Waals surface area contributed by atoms with E-state index < -0.39 is 0 Å². The van der Waals surface area contributed by atoms with Crippen molar-refractivity contribution < 1.29 is 5.11 Å². The molecule has 0 radical (unpaired) electrons. The normalized spacial score (nSPS) is 10.7. The van der Waals surface area contributed by atoms with Gasteiger partial charge in [0.25, 0.3) is 5.56 Å². The Kier molecular flexibility index (Phi) is 7.52. The zero-order valence-corrected chi connectivity index (χ0v) is 16.7. The highest BCUT2D eigenvalue weighted by atomic mass is 32.1. The highest BCUT2D eigenvalue weighted by molar-refractivity contribution is 7.13. The van der Waals surface area contributed by atoms with Gasteiger partial charge < -0.3 is 15.1 Å². The quantitative estimate of drug-likeness (QED) is 0.548. The van der Waals surface area contributed by atoms with E-state index >= 15 is 0 Å². The maximum atomic E-state index is 12.0. The minimum atomic E-state index is -0.217. The maximum absolute atomic E-state index is 12.0. The highest BCUT2D eigenvalue weighted by Crippen LogP contribution is 2.31. The van der Waals surface area contributed by atoms with Crippen LogP contribution in [0.4, 0.5) is 0 Å². The summed E-state index contributed by atoms with van der Waals surface area (Å²) in [6, 6.07) is 1.67. The first kappa shape index (κ1) is 20.6. The summed E-state index contributed by atoms with van der Waals surface area (Å²) in [5.74, 6) is 0. The van der Waals surface area contributed by atoms with Crippen LogP contribution in [0.15, 0.2) is 47.4 Å². The van der Waals surface area contributed by atoms with E-state index in [0.29, 0.717) is 16.1 Å². The van der Waals surface area contributed by atoms with E-state index in [1.165, 1.54) is 24.0 Å². The summed E-state index contributed by atoms with van der Waals surface area (Å²) in [5.41, 5.74) is 4.76. The zero-order chi connectivity index (χ0) is 19.8. The van der Waals surface area contributed by atoms with Crippen molar-refractivity contribution in [3.8, 4) is 21.8 Å². The van der Waals surface area contributed by atoms with Crippen molar-refractivity contribution in [1.82, 2.24) is 15.0 Å². The van der Waals surface area contributed by atoms with Crippen LogP contribution in [0.2, 0.25) is 0 Å². The van der Waals surface area contributed by atoms with Gasteiger partial charge in [-0.05, 0) is 18.6 Å². The van der Waals surface area contributed by atoms with Gasteiger partial charge in [0.2, 0.25) is 0 Å². The topological polar surface area (TPSA) is 81.8 Å². The molecule has 0 saturated carbocycles. The Morgan fingerprint density at radius 2 is 2.00 bits per heavy atom. The second kappa shape index (κ2) is 9.85. The predicted octanol–water partition coefficient (Wildman–Crippen LogP) is 4.91. The van der Waals surface area contributed by atoms with Crippen LogP contribution in [0.5, 0.6) is 0 Å². The summed E-state index contributed by atoms with van der Waals surface area (Å²) < 4.78 is 0. The van der Waals surface area contributed by atoms with Crippen molar-refractivity contribution in [3.63, 3.8) is 0 Å². The average Bonchev–Trinajstić information content (AvgIpc) is 3.28. The average molecular weight is 384 g/mol. The Bertz CT molecular complexity index is 979. The third-order valence-electron chi connectivity index (χ3n) is 3.68. The Balaban J connectivity index is 0.000000817. The molecule has 0 atom stereocenters. The van der Waals surface area contributed by atoms with Gasteiger partial charge in [0.05, 0.1) is 17.9 Å². The van der Waals surface area contributed by atoms with Crippen molar-refractivity contribution in [1.29, 1.82) is 0 Å². The SMILES string of the molecule is C=C/C=C\c1c(-c2csc(-c3cc(CO)c[nH]c3=O)n2)c[nH]c1C.CCC. The molecule has 0 amide bonds. The van der Waals surface area contributed by atoms with E-state index in [1.54, 1.807) is 12.1 Å². The Morgan fingerprint density at radius 1 is 1.26 bits per heavy atom. The van der Waals surface area contributed by atoms with Crippen LogP contribution in [-0.4, -0.2) is 20.1 Å². The molecular weight excluding hydrogens is 358 g/mol. The van der Waals surface area contributed by atoms with Crippen molar-refractivity contribution in [2.45, 2.75) is 33.8 Å². The third-order valence-corrected chi connectivity index (χ3v) is 4.56. The number of H-pyrrole nitrogens is 2. The van der Waals surface area contributed by atoms with Gasteiger partial charge in [-0.1, -0.05) is 45.1 Å². The van der Waals surface area contributed by atoms with E-state index in [0.717, 1.165) is 22.5 Å². The summed E-state index contributed by atoms with van der Waals surface area (Å²) in [5, 5.41) is 11.8. The monoisotopic (exact) mass is 383 g/mol. The number of rotatable bonds is 5. The van der Waals surface area contributed by atoms with E-state index in [4.69, 9.17) is 0 Å². The smallest absolute Gasteiger partial charge is 0.258 e. The van der Waals surface area contributed by atoms with E-state index in [1.807, 2.05) is 30.7 Å². The molecule has 3 aromatic heterocycles. The van der Waals surface area contributed by atoms with Crippen LogP contribution >= 0.6 is 11.3 Å². The molecule has 3 heterocycles. The van der Waals surface area contributed by atoms with E-state index in [-0.39, 0.29) is 12.2 Å². The zero-order valence-electron chi connectivity index (χ0n) is 15.9. The Morgan fingerprint density at radius 3 is 2.67 bits per heavy atom. The molecule has 0 unspecified atom stereocenters. The number of hydrogen-bond acceptors (Lipinski definition) is 4. The fraction of sp³-hybridized carbons (Fsp3) is 0.238. The van der Waals surface area contributed by atoms with Gasteiger partial charge in [-0.15, -0.1) is 11.3 Å². The lowest BCUT2D eigenvalue weighted by molar-refractivity contribution is 0.281. The van der Waals surface area contributed by atoms with Crippen molar-refractivity contribution >= 4 is 17.4 Å². The number of aromatic amines is 2. The predicted molar refractivity (Wildman–Crippen MR) is 114 cm³/mol. The minimum Gasteiger partial charge on any atom is -0.392 e. The third kappa shape index (κ3) is 4.93. The summed E-state index contributed by atoms with van der Waals surface area (Å²) in [4.78, 5) is 22.5. The van der Waals surface area contributed by atoms with Gasteiger partial charge in [0.1, 0.15) is 5.01 Å². The molecule has 3 N–H and O–H groups in total. The number of thiazole rings is 1.